The van der Waals surface area contributed by atoms with Crippen LogP contribution in [0.4, 0.5) is 0 Å². The lowest BCUT2D eigenvalue weighted by Gasteiger charge is -1.94. The topological polar surface area (TPSA) is 34.9 Å². The molecule has 1 aromatic heterocycles. The van der Waals surface area contributed by atoms with Crippen LogP contribution in [-0.4, -0.2) is 15.8 Å². The molecule has 0 aromatic carbocycles. The molecule has 0 radical (unpaired) electrons. The van der Waals surface area contributed by atoms with E-state index in [1.165, 1.54) is 0 Å². The first-order chi connectivity index (χ1) is 4.38. The molecule has 0 N–H and O–H groups in total. The van der Waals surface area contributed by atoms with Crippen molar-refractivity contribution in [2.75, 3.05) is 0 Å². The Kier molecular flexibility index (Phi) is 3.72. The van der Waals surface area contributed by atoms with Crippen molar-refractivity contribution in [1.82, 2.24) is 9.55 Å². The van der Waals surface area contributed by atoms with Crippen molar-refractivity contribution in [3.63, 3.8) is 0 Å². The second kappa shape index (κ2) is 4.06. The van der Waals surface area contributed by atoms with Crippen LogP contribution in [0.15, 0.2) is 12.5 Å². The molecule has 0 amide bonds. The molecule has 0 fully saturated rings. The van der Waals surface area contributed by atoms with Gasteiger partial charge in [0.25, 0.3) is 0 Å². The highest BCUT2D eigenvalue weighted by Crippen LogP contribution is 1.92. The Morgan fingerprint density at radius 2 is 2.50 bits per heavy atom. The fraction of sp³-hybridized carbons (Fsp3) is 0.333. The highest BCUT2D eigenvalue weighted by Gasteiger charge is 1.94. The highest BCUT2D eigenvalue weighted by atomic mass is 35.5. The maximum Gasteiger partial charge on any atom is 0.168 e. The number of hydrogen-bond acceptors (Lipinski definition) is 2. The Morgan fingerprint density at radius 1 is 1.80 bits per heavy atom. The Balaban J connectivity index is 0.000000810. The van der Waals surface area contributed by atoms with Gasteiger partial charge < -0.3 is 4.57 Å². The first-order valence-electron chi connectivity index (χ1n) is 2.83. The SMILES string of the molecule is CCn1cncc1C=O.Cl. The zero-order valence-electron chi connectivity index (χ0n) is 5.65. The maximum absolute atomic E-state index is 10.2. The second-order valence-corrected chi connectivity index (χ2v) is 1.72. The molecule has 0 spiro atoms. The molecule has 0 aliphatic carbocycles. The van der Waals surface area contributed by atoms with Crippen LogP contribution in [-0.2, 0) is 6.54 Å². The number of aryl methyl sites for hydroxylation is 1. The van der Waals surface area contributed by atoms with E-state index in [0.29, 0.717) is 5.69 Å². The molecule has 1 rings (SSSR count). The predicted octanol–water partition coefficient (Wildman–Crippen LogP) is 1.14. The summed E-state index contributed by atoms with van der Waals surface area (Å²) in [5.74, 6) is 0. The van der Waals surface area contributed by atoms with E-state index in [-0.39, 0.29) is 12.4 Å². The number of rotatable bonds is 2. The Morgan fingerprint density at radius 3 is 2.90 bits per heavy atom. The van der Waals surface area contributed by atoms with Crippen molar-refractivity contribution in [2.45, 2.75) is 13.5 Å². The summed E-state index contributed by atoms with van der Waals surface area (Å²) in [7, 11) is 0. The molecular formula is C6H9ClN2O. The smallest absolute Gasteiger partial charge is 0.168 e. The van der Waals surface area contributed by atoms with Crippen molar-refractivity contribution in [3.05, 3.63) is 18.2 Å². The molecule has 0 atom stereocenters. The quantitative estimate of drug-likeness (QED) is 0.609. The van der Waals surface area contributed by atoms with Crippen LogP contribution in [0, 0.1) is 0 Å². The summed E-state index contributed by atoms with van der Waals surface area (Å²) in [4.78, 5) is 14.0. The molecule has 56 valence electrons. The fourth-order valence-electron chi connectivity index (χ4n) is 0.693. The summed E-state index contributed by atoms with van der Waals surface area (Å²) in [6, 6.07) is 0. The standard InChI is InChI=1S/C6H8N2O.ClH/c1-2-8-5-7-3-6(8)4-9;/h3-5H,2H2,1H3;1H. The van der Waals surface area contributed by atoms with Gasteiger partial charge in [0.2, 0.25) is 0 Å². The van der Waals surface area contributed by atoms with E-state index in [1.54, 1.807) is 17.1 Å². The molecule has 0 saturated heterocycles. The van der Waals surface area contributed by atoms with E-state index < -0.39 is 0 Å². The minimum atomic E-state index is 0. The van der Waals surface area contributed by atoms with E-state index in [1.807, 2.05) is 6.92 Å². The van der Waals surface area contributed by atoms with Crippen molar-refractivity contribution >= 4 is 18.7 Å². The van der Waals surface area contributed by atoms with Gasteiger partial charge in [-0.3, -0.25) is 4.79 Å². The van der Waals surface area contributed by atoms with E-state index in [0.717, 1.165) is 12.8 Å². The monoisotopic (exact) mass is 160 g/mol. The Labute approximate surface area is 65.5 Å². The lowest BCUT2D eigenvalue weighted by Crippen LogP contribution is -1.96. The second-order valence-electron chi connectivity index (χ2n) is 1.72. The zero-order chi connectivity index (χ0) is 6.69. The van der Waals surface area contributed by atoms with Crippen molar-refractivity contribution < 1.29 is 4.79 Å². The highest BCUT2D eigenvalue weighted by molar-refractivity contribution is 5.85. The number of carbonyl (C=O) groups excluding carboxylic acids is 1. The minimum absolute atomic E-state index is 0. The molecule has 0 saturated carbocycles. The van der Waals surface area contributed by atoms with Crippen LogP contribution in [0.25, 0.3) is 0 Å². The molecule has 4 heteroatoms. The third kappa shape index (κ3) is 1.57. The molecule has 1 heterocycles. The molecular weight excluding hydrogens is 152 g/mol. The van der Waals surface area contributed by atoms with E-state index in [2.05, 4.69) is 4.98 Å². The van der Waals surface area contributed by atoms with Crippen LogP contribution in [0.2, 0.25) is 0 Å². The summed E-state index contributed by atoms with van der Waals surface area (Å²) >= 11 is 0. The van der Waals surface area contributed by atoms with Crippen molar-refractivity contribution in [3.8, 4) is 0 Å². The number of nitrogens with zero attached hydrogens (tertiary/aromatic N) is 2. The first-order valence-corrected chi connectivity index (χ1v) is 2.83. The van der Waals surface area contributed by atoms with Gasteiger partial charge in [-0.1, -0.05) is 0 Å². The van der Waals surface area contributed by atoms with Crippen molar-refractivity contribution in [1.29, 1.82) is 0 Å². The normalized spacial score (nSPS) is 8.50. The molecule has 3 nitrogen and oxygen atoms in total. The fourth-order valence-corrected chi connectivity index (χ4v) is 0.693. The largest absolute Gasteiger partial charge is 0.329 e. The predicted molar refractivity (Wildman–Crippen MR) is 40.5 cm³/mol. The van der Waals surface area contributed by atoms with Gasteiger partial charge in [0, 0.05) is 6.54 Å². The molecule has 0 bridgehead atoms. The van der Waals surface area contributed by atoms with Gasteiger partial charge in [0.05, 0.1) is 12.5 Å². The summed E-state index contributed by atoms with van der Waals surface area (Å²) in [6.07, 6.45) is 4.00. The summed E-state index contributed by atoms with van der Waals surface area (Å²) in [6.45, 7) is 2.77. The Hall–Kier alpha value is -0.830. The lowest BCUT2D eigenvalue weighted by molar-refractivity contribution is 0.111. The summed E-state index contributed by atoms with van der Waals surface area (Å²) in [5, 5.41) is 0. The Bertz CT molecular complexity index is 209. The van der Waals surface area contributed by atoms with Gasteiger partial charge in [-0.05, 0) is 6.92 Å². The maximum atomic E-state index is 10.2. The van der Waals surface area contributed by atoms with Crippen LogP contribution in [0.5, 0.6) is 0 Å². The molecule has 0 aliphatic heterocycles. The van der Waals surface area contributed by atoms with Crippen LogP contribution < -0.4 is 0 Å². The van der Waals surface area contributed by atoms with Crippen LogP contribution in [0.1, 0.15) is 17.4 Å². The average Bonchev–Trinajstić information content (AvgIpc) is 2.33. The van der Waals surface area contributed by atoms with E-state index in [9.17, 15) is 4.79 Å². The number of aldehydes is 1. The van der Waals surface area contributed by atoms with E-state index >= 15 is 0 Å². The van der Waals surface area contributed by atoms with Gasteiger partial charge in [-0.2, -0.15) is 0 Å². The van der Waals surface area contributed by atoms with Crippen LogP contribution >= 0.6 is 12.4 Å². The minimum Gasteiger partial charge on any atom is -0.329 e. The lowest BCUT2D eigenvalue weighted by atomic mass is 10.5. The molecule has 1 aromatic rings. The summed E-state index contributed by atoms with van der Waals surface area (Å²) in [5.41, 5.74) is 0.637. The number of aromatic nitrogens is 2. The van der Waals surface area contributed by atoms with E-state index in [4.69, 9.17) is 0 Å². The average molecular weight is 161 g/mol. The van der Waals surface area contributed by atoms with Gasteiger partial charge in [0.15, 0.2) is 6.29 Å². The van der Waals surface area contributed by atoms with Crippen molar-refractivity contribution in [2.24, 2.45) is 0 Å². The third-order valence-electron chi connectivity index (χ3n) is 1.21. The third-order valence-corrected chi connectivity index (χ3v) is 1.21. The van der Waals surface area contributed by atoms with Gasteiger partial charge in [-0.15, -0.1) is 12.4 Å². The van der Waals surface area contributed by atoms with Gasteiger partial charge in [0.1, 0.15) is 5.69 Å². The summed E-state index contributed by atoms with van der Waals surface area (Å²) < 4.78 is 1.78. The van der Waals surface area contributed by atoms with Gasteiger partial charge in [-0.25, -0.2) is 4.98 Å². The molecule has 0 unspecified atom stereocenters. The first kappa shape index (κ1) is 9.17. The number of halogens is 1. The number of hydrogen-bond donors (Lipinski definition) is 0. The number of carbonyl (C=O) groups is 1. The number of imidazole rings is 1. The molecule has 10 heavy (non-hydrogen) atoms. The zero-order valence-corrected chi connectivity index (χ0v) is 6.47. The van der Waals surface area contributed by atoms with Gasteiger partial charge >= 0.3 is 0 Å². The molecule has 0 aliphatic rings. The van der Waals surface area contributed by atoms with Crippen LogP contribution in [0.3, 0.4) is 0 Å².